The van der Waals surface area contributed by atoms with Crippen LogP contribution >= 0.6 is 0 Å². The molecule has 0 saturated carbocycles. The smallest absolute Gasteiger partial charge is 0.353 e. The molecule has 20 heavy (non-hydrogen) atoms. The number of aromatic nitrogens is 2. The fraction of sp³-hybridized carbons (Fsp3) is 0.692. The minimum Gasteiger partial charge on any atom is -0.367 e. The molecule has 0 amide bonds. The van der Waals surface area contributed by atoms with Gasteiger partial charge in [-0.05, 0) is 12.8 Å². The Hall–Kier alpha value is -1.92. The normalized spacial score (nSPS) is 10.3. The molecule has 0 atom stereocenters. The zero-order valence-corrected chi connectivity index (χ0v) is 12.4. The molecular weight excluding hydrogens is 258 g/mol. The summed E-state index contributed by atoms with van der Waals surface area (Å²) in [5, 5.41) is 14.1. The SMILES string of the molecule is CCCCN(CCCC)c1ncnc(NC)c1[N+](=O)[O-]. The standard InChI is InChI=1S/C13H23N5O2/c1-4-6-8-17(9-7-5-2)13-11(18(19)20)12(14-3)15-10-16-13/h10H,4-9H2,1-3H3,(H,14,15,16). The van der Waals surface area contributed by atoms with E-state index < -0.39 is 4.92 Å². The molecule has 0 bridgehead atoms. The second kappa shape index (κ2) is 8.29. The van der Waals surface area contributed by atoms with Crippen LogP contribution in [0.4, 0.5) is 17.3 Å². The predicted molar refractivity (Wildman–Crippen MR) is 80.3 cm³/mol. The molecule has 1 rings (SSSR count). The molecule has 0 saturated heterocycles. The second-order valence-corrected chi connectivity index (χ2v) is 4.60. The number of unbranched alkanes of at least 4 members (excludes halogenated alkanes) is 2. The first-order chi connectivity index (χ1) is 9.65. The number of hydrogen-bond donors (Lipinski definition) is 1. The highest BCUT2D eigenvalue weighted by atomic mass is 16.6. The summed E-state index contributed by atoms with van der Waals surface area (Å²) >= 11 is 0. The molecule has 0 radical (unpaired) electrons. The highest BCUT2D eigenvalue weighted by Crippen LogP contribution is 2.31. The van der Waals surface area contributed by atoms with Gasteiger partial charge in [0.25, 0.3) is 0 Å². The number of nitrogens with one attached hydrogen (secondary N) is 1. The summed E-state index contributed by atoms with van der Waals surface area (Å²) in [6.07, 6.45) is 5.43. The van der Waals surface area contributed by atoms with E-state index in [4.69, 9.17) is 0 Å². The van der Waals surface area contributed by atoms with Crippen molar-refractivity contribution in [3.63, 3.8) is 0 Å². The third-order valence-corrected chi connectivity index (χ3v) is 3.09. The lowest BCUT2D eigenvalue weighted by Crippen LogP contribution is -2.27. The number of nitrogens with zero attached hydrogens (tertiary/aromatic N) is 4. The summed E-state index contributed by atoms with van der Waals surface area (Å²) in [5.41, 5.74) is -0.0396. The second-order valence-electron chi connectivity index (χ2n) is 4.60. The van der Waals surface area contributed by atoms with Gasteiger partial charge in [-0.15, -0.1) is 0 Å². The van der Waals surface area contributed by atoms with Crippen molar-refractivity contribution in [2.24, 2.45) is 0 Å². The summed E-state index contributed by atoms with van der Waals surface area (Å²) in [6.45, 7) is 5.76. The van der Waals surface area contributed by atoms with Crippen LogP contribution in [0.2, 0.25) is 0 Å². The van der Waals surface area contributed by atoms with Gasteiger partial charge in [-0.25, -0.2) is 9.97 Å². The highest BCUT2D eigenvalue weighted by molar-refractivity contribution is 5.70. The lowest BCUT2D eigenvalue weighted by molar-refractivity contribution is -0.383. The zero-order valence-electron chi connectivity index (χ0n) is 12.4. The minimum absolute atomic E-state index is 0.0396. The Morgan fingerprint density at radius 1 is 1.25 bits per heavy atom. The molecule has 1 N–H and O–H groups in total. The van der Waals surface area contributed by atoms with E-state index in [2.05, 4.69) is 29.1 Å². The average Bonchev–Trinajstić information content (AvgIpc) is 2.46. The van der Waals surface area contributed by atoms with E-state index >= 15 is 0 Å². The molecule has 7 heteroatoms. The van der Waals surface area contributed by atoms with E-state index in [1.54, 1.807) is 7.05 Å². The van der Waals surface area contributed by atoms with Gasteiger partial charge in [0.1, 0.15) is 6.33 Å². The van der Waals surface area contributed by atoms with Crippen LogP contribution in [0.3, 0.4) is 0 Å². The van der Waals surface area contributed by atoms with Crippen molar-refractivity contribution in [1.29, 1.82) is 0 Å². The number of nitro groups is 1. The van der Waals surface area contributed by atoms with Gasteiger partial charge in [0.15, 0.2) is 0 Å². The van der Waals surface area contributed by atoms with Gasteiger partial charge in [-0.3, -0.25) is 10.1 Å². The Morgan fingerprint density at radius 3 is 2.30 bits per heavy atom. The largest absolute Gasteiger partial charge is 0.367 e. The maximum absolute atomic E-state index is 11.3. The first kappa shape index (κ1) is 16.1. The fourth-order valence-corrected chi connectivity index (χ4v) is 1.97. The monoisotopic (exact) mass is 281 g/mol. The maximum Gasteiger partial charge on any atom is 0.353 e. The van der Waals surface area contributed by atoms with Gasteiger partial charge in [-0.2, -0.15) is 0 Å². The van der Waals surface area contributed by atoms with Crippen LogP contribution in [0.1, 0.15) is 39.5 Å². The van der Waals surface area contributed by atoms with Crippen molar-refractivity contribution in [1.82, 2.24) is 9.97 Å². The predicted octanol–water partition coefficient (Wildman–Crippen LogP) is 2.83. The van der Waals surface area contributed by atoms with Gasteiger partial charge < -0.3 is 10.2 Å². The lowest BCUT2D eigenvalue weighted by Gasteiger charge is -2.23. The van der Waals surface area contributed by atoms with Crippen LogP contribution in [0.5, 0.6) is 0 Å². The van der Waals surface area contributed by atoms with Crippen molar-refractivity contribution in [3.8, 4) is 0 Å². The Kier molecular flexibility index (Phi) is 6.69. The van der Waals surface area contributed by atoms with Gasteiger partial charge in [0.05, 0.1) is 4.92 Å². The van der Waals surface area contributed by atoms with E-state index in [1.807, 2.05) is 4.90 Å². The molecule has 0 aliphatic rings. The van der Waals surface area contributed by atoms with Crippen LogP contribution in [-0.2, 0) is 0 Å². The number of anilines is 2. The Labute approximate surface area is 119 Å². The van der Waals surface area contributed by atoms with Crippen LogP contribution < -0.4 is 10.2 Å². The molecule has 1 aromatic heterocycles. The highest BCUT2D eigenvalue weighted by Gasteiger charge is 2.25. The summed E-state index contributed by atoms with van der Waals surface area (Å²) < 4.78 is 0. The van der Waals surface area contributed by atoms with Crippen LogP contribution in [-0.4, -0.2) is 35.0 Å². The van der Waals surface area contributed by atoms with Crippen molar-refractivity contribution < 1.29 is 4.92 Å². The van der Waals surface area contributed by atoms with Gasteiger partial charge in [0, 0.05) is 20.1 Å². The molecule has 7 nitrogen and oxygen atoms in total. The molecule has 112 valence electrons. The van der Waals surface area contributed by atoms with Crippen molar-refractivity contribution in [2.45, 2.75) is 39.5 Å². The first-order valence-corrected chi connectivity index (χ1v) is 7.07. The summed E-state index contributed by atoms with van der Waals surface area (Å²) in [6, 6.07) is 0. The lowest BCUT2D eigenvalue weighted by atomic mass is 10.2. The average molecular weight is 281 g/mol. The third-order valence-electron chi connectivity index (χ3n) is 3.09. The van der Waals surface area contributed by atoms with E-state index in [0.717, 1.165) is 38.8 Å². The Morgan fingerprint density at radius 2 is 1.85 bits per heavy atom. The van der Waals surface area contributed by atoms with E-state index in [-0.39, 0.29) is 11.5 Å². The molecule has 0 spiro atoms. The molecular formula is C13H23N5O2. The third kappa shape index (κ3) is 4.04. The molecule has 0 aliphatic carbocycles. The number of rotatable bonds is 9. The quantitative estimate of drug-likeness (QED) is 0.553. The minimum atomic E-state index is -0.411. The maximum atomic E-state index is 11.3. The van der Waals surface area contributed by atoms with Gasteiger partial charge in [-0.1, -0.05) is 26.7 Å². The van der Waals surface area contributed by atoms with Crippen molar-refractivity contribution in [2.75, 3.05) is 30.4 Å². The van der Waals surface area contributed by atoms with E-state index in [1.165, 1.54) is 6.33 Å². The van der Waals surface area contributed by atoms with Crippen LogP contribution in [0.15, 0.2) is 6.33 Å². The summed E-state index contributed by atoms with van der Waals surface area (Å²) in [4.78, 5) is 21.0. The Bertz CT molecular complexity index is 431. The van der Waals surface area contributed by atoms with Crippen LogP contribution in [0.25, 0.3) is 0 Å². The topological polar surface area (TPSA) is 84.2 Å². The van der Waals surface area contributed by atoms with E-state index in [9.17, 15) is 10.1 Å². The molecule has 0 aliphatic heterocycles. The summed E-state index contributed by atoms with van der Waals surface area (Å²) in [7, 11) is 1.63. The van der Waals surface area contributed by atoms with Gasteiger partial charge in [0.2, 0.25) is 11.6 Å². The van der Waals surface area contributed by atoms with Gasteiger partial charge >= 0.3 is 5.69 Å². The molecule has 0 aromatic carbocycles. The Balaban J connectivity index is 3.13. The fourth-order valence-electron chi connectivity index (χ4n) is 1.97. The first-order valence-electron chi connectivity index (χ1n) is 7.07. The number of hydrogen-bond acceptors (Lipinski definition) is 6. The van der Waals surface area contributed by atoms with Crippen molar-refractivity contribution >= 4 is 17.3 Å². The molecule has 1 heterocycles. The zero-order chi connectivity index (χ0) is 15.0. The molecule has 1 aromatic rings. The van der Waals surface area contributed by atoms with Crippen molar-refractivity contribution in [3.05, 3.63) is 16.4 Å². The molecule has 0 unspecified atom stereocenters. The van der Waals surface area contributed by atoms with Crippen LogP contribution in [0, 0.1) is 10.1 Å². The summed E-state index contributed by atoms with van der Waals surface area (Å²) in [5.74, 6) is 0.675. The molecule has 0 fully saturated rings. The van der Waals surface area contributed by atoms with E-state index in [0.29, 0.717) is 5.82 Å².